The first-order chi connectivity index (χ1) is 8.63. The Balaban J connectivity index is 1.83. The highest BCUT2D eigenvalue weighted by atomic mass is 79.9. The number of halogens is 1. The molecule has 0 fully saturated rings. The normalized spacial score (nSPS) is 11.1. The van der Waals surface area contributed by atoms with Gasteiger partial charge in [-0.3, -0.25) is 0 Å². The van der Waals surface area contributed by atoms with Crippen molar-refractivity contribution in [1.29, 1.82) is 0 Å². The highest BCUT2D eigenvalue weighted by molar-refractivity contribution is 9.10. The van der Waals surface area contributed by atoms with Gasteiger partial charge in [0, 0.05) is 33.5 Å². The minimum atomic E-state index is 0.845. The lowest BCUT2D eigenvalue weighted by molar-refractivity contribution is 0.334. The maximum absolute atomic E-state index is 5.77. The molecule has 2 aromatic rings. The standard InChI is InChI=1S/C14H17BrN2S/c1-17(9-14-8-12(15)10-18-14)6-5-11-3-2-4-13(16)7-11/h2-4,7-8,10H,5-6,9,16H2,1H3. The molecular formula is C14H17BrN2S. The van der Waals surface area contributed by atoms with E-state index in [9.17, 15) is 0 Å². The van der Waals surface area contributed by atoms with Crippen LogP contribution in [0.5, 0.6) is 0 Å². The topological polar surface area (TPSA) is 29.3 Å². The molecule has 2 rings (SSSR count). The minimum Gasteiger partial charge on any atom is -0.399 e. The van der Waals surface area contributed by atoms with Gasteiger partial charge in [-0.2, -0.15) is 0 Å². The lowest BCUT2D eigenvalue weighted by Crippen LogP contribution is -2.20. The molecule has 1 aromatic heterocycles. The number of benzene rings is 1. The molecule has 0 radical (unpaired) electrons. The molecule has 2 N–H and O–H groups in total. The molecule has 0 aliphatic carbocycles. The van der Waals surface area contributed by atoms with Gasteiger partial charge in [0.1, 0.15) is 0 Å². The molecule has 0 saturated heterocycles. The summed E-state index contributed by atoms with van der Waals surface area (Å²) in [7, 11) is 2.15. The maximum Gasteiger partial charge on any atom is 0.0325 e. The number of anilines is 1. The van der Waals surface area contributed by atoms with Crippen molar-refractivity contribution >= 4 is 33.0 Å². The predicted octanol–water partition coefficient (Wildman–Crippen LogP) is 3.77. The van der Waals surface area contributed by atoms with Crippen molar-refractivity contribution in [1.82, 2.24) is 4.90 Å². The molecule has 2 nitrogen and oxygen atoms in total. The zero-order valence-electron chi connectivity index (χ0n) is 10.4. The van der Waals surface area contributed by atoms with Crippen LogP contribution in [0.3, 0.4) is 0 Å². The van der Waals surface area contributed by atoms with E-state index < -0.39 is 0 Å². The van der Waals surface area contributed by atoms with Gasteiger partial charge < -0.3 is 10.6 Å². The number of likely N-dealkylation sites (N-methyl/N-ethyl adjacent to an activating group) is 1. The summed E-state index contributed by atoms with van der Waals surface area (Å²) in [5.74, 6) is 0. The maximum atomic E-state index is 5.77. The molecule has 0 saturated carbocycles. The number of nitrogens with zero attached hydrogens (tertiary/aromatic N) is 1. The number of thiophene rings is 1. The van der Waals surface area contributed by atoms with E-state index in [1.807, 2.05) is 12.1 Å². The fourth-order valence-electron chi connectivity index (χ4n) is 1.85. The van der Waals surface area contributed by atoms with Gasteiger partial charge in [-0.25, -0.2) is 0 Å². The minimum absolute atomic E-state index is 0.845. The summed E-state index contributed by atoms with van der Waals surface area (Å²) in [6.45, 7) is 2.04. The average molecular weight is 325 g/mol. The summed E-state index contributed by atoms with van der Waals surface area (Å²) < 4.78 is 1.17. The van der Waals surface area contributed by atoms with Crippen LogP contribution in [0.1, 0.15) is 10.4 Å². The first kappa shape index (κ1) is 13.6. The quantitative estimate of drug-likeness (QED) is 0.848. The van der Waals surface area contributed by atoms with Gasteiger partial charge in [0.2, 0.25) is 0 Å². The van der Waals surface area contributed by atoms with Crippen molar-refractivity contribution in [2.75, 3.05) is 19.3 Å². The van der Waals surface area contributed by atoms with Gasteiger partial charge in [0.05, 0.1) is 0 Å². The molecule has 96 valence electrons. The Bertz CT molecular complexity index is 510. The molecule has 0 atom stereocenters. The van der Waals surface area contributed by atoms with Gasteiger partial charge in [-0.05, 0) is 53.2 Å². The van der Waals surface area contributed by atoms with Gasteiger partial charge >= 0.3 is 0 Å². The third-order valence-corrected chi connectivity index (χ3v) is 4.46. The molecule has 0 amide bonds. The first-order valence-electron chi connectivity index (χ1n) is 5.89. The highest BCUT2D eigenvalue weighted by Crippen LogP contribution is 2.20. The van der Waals surface area contributed by atoms with E-state index in [0.717, 1.165) is 25.2 Å². The Kier molecular flexibility index (Phi) is 4.80. The van der Waals surface area contributed by atoms with Crippen molar-refractivity contribution in [3.8, 4) is 0 Å². The Morgan fingerprint density at radius 2 is 2.17 bits per heavy atom. The van der Waals surface area contributed by atoms with Crippen LogP contribution in [0.25, 0.3) is 0 Å². The van der Waals surface area contributed by atoms with Gasteiger partial charge in [0.15, 0.2) is 0 Å². The Morgan fingerprint density at radius 1 is 1.33 bits per heavy atom. The molecular weight excluding hydrogens is 308 g/mol. The van der Waals surface area contributed by atoms with Crippen LogP contribution in [-0.4, -0.2) is 18.5 Å². The zero-order valence-corrected chi connectivity index (χ0v) is 12.8. The van der Waals surface area contributed by atoms with Gasteiger partial charge in [-0.1, -0.05) is 12.1 Å². The largest absolute Gasteiger partial charge is 0.399 e. The monoisotopic (exact) mass is 324 g/mol. The van der Waals surface area contributed by atoms with Crippen LogP contribution in [0.2, 0.25) is 0 Å². The van der Waals surface area contributed by atoms with Crippen molar-refractivity contribution in [3.05, 3.63) is 50.6 Å². The highest BCUT2D eigenvalue weighted by Gasteiger charge is 2.03. The Morgan fingerprint density at radius 3 is 2.83 bits per heavy atom. The van der Waals surface area contributed by atoms with Crippen LogP contribution in [0.4, 0.5) is 5.69 Å². The fraction of sp³-hybridized carbons (Fsp3) is 0.286. The van der Waals surface area contributed by atoms with Crippen LogP contribution >= 0.6 is 27.3 Å². The number of rotatable bonds is 5. The second-order valence-corrected chi connectivity index (χ2v) is 6.38. The average Bonchev–Trinajstić information content (AvgIpc) is 2.72. The van der Waals surface area contributed by atoms with E-state index in [2.05, 4.69) is 51.5 Å². The third kappa shape index (κ3) is 4.12. The second-order valence-electron chi connectivity index (χ2n) is 4.46. The summed E-state index contributed by atoms with van der Waals surface area (Å²) in [4.78, 5) is 3.72. The number of hydrogen-bond acceptors (Lipinski definition) is 3. The third-order valence-electron chi connectivity index (χ3n) is 2.78. The van der Waals surface area contributed by atoms with E-state index in [1.54, 1.807) is 11.3 Å². The van der Waals surface area contributed by atoms with Crippen molar-refractivity contribution in [2.45, 2.75) is 13.0 Å². The van der Waals surface area contributed by atoms with Crippen molar-refractivity contribution < 1.29 is 0 Å². The van der Waals surface area contributed by atoms with Crippen LogP contribution in [0.15, 0.2) is 40.2 Å². The molecule has 0 aliphatic heterocycles. The Labute approximate surface area is 121 Å². The summed E-state index contributed by atoms with van der Waals surface area (Å²) >= 11 is 5.28. The zero-order chi connectivity index (χ0) is 13.0. The molecule has 0 unspecified atom stereocenters. The number of nitrogen functional groups attached to an aromatic ring is 1. The molecule has 0 aliphatic rings. The van der Waals surface area contributed by atoms with E-state index in [-0.39, 0.29) is 0 Å². The van der Waals surface area contributed by atoms with E-state index in [4.69, 9.17) is 5.73 Å². The smallest absolute Gasteiger partial charge is 0.0325 e. The molecule has 1 aromatic carbocycles. The molecule has 18 heavy (non-hydrogen) atoms. The lowest BCUT2D eigenvalue weighted by atomic mass is 10.1. The van der Waals surface area contributed by atoms with Gasteiger partial charge in [0.25, 0.3) is 0 Å². The summed E-state index contributed by atoms with van der Waals surface area (Å²) in [5, 5.41) is 2.13. The predicted molar refractivity (Wildman–Crippen MR) is 82.9 cm³/mol. The fourth-order valence-corrected chi connectivity index (χ4v) is 3.38. The van der Waals surface area contributed by atoms with Crippen LogP contribution < -0.4 is 5.73 Å². The number of nitrogens with two attached hydrogens (primary N) is 1. The Hall–Kier alpha value is -0.840. The van der Waals surface area contributed by atoms with Crippen molar-refractivity contribution in [2.24, 2.45) is 0 Å². The molecule has 4 heteroatoms. The lowest BCUT2D eigenvalue weighted by Gasteiger charge is -2.15. The van der Waals surface area contributed by atoms with Crippen LogP contribution in [0, 0.1) is 0 Å². The van der Waals surface area contributed by atoms with Crippen molar-refractivity contribution in [3.63, 3.8) is 0 Å². The summed E-state index contributed by atoms with van der Waals surface area (Å²) in [6, 6.07) is 10.3. The van der Waals surface area contributed by atoms with Gasteiger partial charge in [-0.15, -0.1) is 11.3 Å². The van der Waals surface area contributed by atoms with Crippen LogP contribution in [-0.2, 0) is 13.0 Å². The number of hydrogen-bond donors (Lipinski definition) is 1. The second kappa shape index (κ2) is 6.36. The van der Waals surface area contributed by atoms with E-state index in [1.165, 1.54) is 14.9 Å². The first-order valence-corrected chi connectivity index (χ1v) is 7.56. The SMILES string of the molecule is CN(CCc1cccc(N)c1)Cc1cc(Br)cs1. The van der Waals surface area contributed by atoms with E-state index >= 15 is 0 Å². The summed E-state index contributed by atoms with van der Waals surface area (Å²) in [5.41, 5.74) is 7.92. The molecule has 0 bridgehead atoms. The molecule has 0 spiro atoms. The van der Waals surface area contributed by atoms with E-state index in [0.29, 0.717) is 0 Å². The molecule has 1 heterocycles. The summed E-state index contributed by atoms with van der Waals surface area (Å²) in [6.07, 6.45) is 1.04.